The fraction of sp³-hybridized carbons (Fsp3) is 0.400. The topological polar surface area (TPSA) is 86.7 Å². The minimum Gasteiger partial charge on any atom is -0.481 e. The van der Waals surface area contributed by atoms with Crippen LogP contribution in [0.5, 0.6) is 0 Å². The molecule has 0 spiro atoms. The number of nitrogens with one attached hydrogen (secondary N) is 1. The van der Waals surface area contributed by atoms with E-state index < -0.39 is 35.5 Å². The third-order valence-electron chi connectivity index (χ3n) is 3.05. The Balaban J connectivity index is 2.90. The van der Waals surface area contributed by atoms with Crippen LogP contribution in [0.1, 0.15) is 25.8 Å². The van der Waals surface area contributed by atoms with E-state index in [1.165, 1.54) is 24.8 Å². The highest BCUT2D eigenvalue weighted by Gasteiger charge is 2.22. The Kier molecular flexibility index (Phi) is 6.62. The molecule has 1 unspecified atom stereocenters. The summed E-state index contributed by atoms with van der Waals surface area (Å²) in [5, 5.41) is 11.2. The van der Waals surface area contributed by atoms with Gasteiger partial charge in [0.05, 0.1) is 6.42 Å². The number of carboxylic acids is 1. The zero-order valence-electron chi connectivity index (χ0n) is 12.8. The van der Waals surface area contributed by atoms with Crippen LogP contribution in [0.3, 0.4) is 0 Å². The SMILES string of the molecule is CC(=O)NC(C)C(=O)N(CCC(=O)O)Cc1ccc(F)c(F)c1. The van der Waals surface area contributed by atoms with Crippen LogP contribution in [0, 0.1) is 11.6 Å². The summed E-state index contributed by atoms with van der Waals surface area (Å²) in [6, 6.07) is 2.33. The first-order valence-electron chi connectivity index (χ1n) is 6.92. The Morgan fingerprint density at radius 2 is 1.91 bits per heavy atom. The minimum atomic E-state index is -1.10. The van der Waals surface area contributed by atoms with Gasteiger partial charge in [0.1, 0.15) is 6.04 Å². The highest BCUT2D eigenvalue weighted by atomic mass is 19.2. The summed E-state index contributed by atoms with van der Waals surface area (Å²) in [5.41, 5.74) is 0.317. The summed E-state index contributed by atoms with van der Waals surface area (Å²) in [4.78, 5) is 35.2. The molecule has 1 aromatic rings. The second-order valence-corrected chi connectivity index (χ2v) is 5.07. The van der Waals surface area contributed by atoms with Gasteiger partial charge >= 0.3 is 5.97 Å². The summed E-state index contributed by atoms with van der Waals surface area (Å²) in [5.74, 6) is -4.07. The van der Waals surface area contributed by atoms with E-state index in [0.29, 0.717) is 5.56 Å². The van der Waals surface area contributed by atoms with Gasteiger partial charge in [-0.05, 0) is 24.6 Å². The number of carboxylic acid groups (broad SMARTS) is 1. The molecule has 6 nitrogen and oxygen atoms in total. The highest BCUT2D eigenvalue weighted by Crippen LogP contribution is 2.12. The lowest BCUT2D eigenvalue weighted by Gasteiger charge is -2.25. The first-order valence-corrected chi connectivity index (χ1v) is 6.92. The first-order chi connectivity index (χ1) is 10.7. The fourth-order valence-corrected chi connectivity index (χ4v) is 2.00. The normalized spacial score (nSPS) is 11.7. The lowest BCUT2D eigenvalue weighted by molar-refractivity contribution is -0.140. The van der Waals surface area contributed by atoms with E-state index >= 15 is 0 Å². The van der Waals surface area contributed by atoms with Gasteiger partial charge in [-0.2, -0.15) is 0 Å². The zero-order chi connectivity index (χ0) is 17.6. The van der Waals surface area contributed by atoms with Crippen molar-refractivity contribution < 1.29 is 28.3 Å². The maximum Gasteiger partial charge on any atom is 0.305 e. The van der Waals surface area contributed by atoms with Crippen molar-refractivity contribution in [2.75, 3.05) is 6.54 Å². The standard InChI is InChI=1S/C15H18F2N2O4/c1-9(18-10(2)20)15(23)19(6-5-14(21)22)8-11-3-4-12(16)13(17)7-11/h3-4,7,9H,5-6,8H2,1-2H3,(H,18,20)(H,21,22). The molecule has 8 heteroatoms. The molecule has 1 rings (SSSR count). The maximum atomic E-state index is 13.2. The Labute approximate surface area is 132 Å². The predicted molar refractivity (Wildman–Crippen MR) is 77.3 cm³/mol. The molecule has 2 N–H and O–H groups in total. The number of carbonyl (C=O) groups is 3. The van der Waals surface area contributed by atoms with Gasteiger partial charge in [-0.1, -0.05) is 6.07 Å². The number of hydrogen-bond donors (Lipinski definition) is 2. The zero-order valence-corrected chi connectivity index (χ0v) is 12.8. The van der Waals surface area contributed by atoms with E-state index in [2.05, 4.69) is 5.32 Å². The molecule has 2 amide bonds. The van der Waals surface area contributed by atoms with Gasteiger partial charge in [-0.15, -0.1) is 0 Å². The molecule has 0 bridgehead atoms. The summed E-state index contributed by atoms with van der Waals surface area (Å²) >= 11 is 0. The predicted octanol–water partition coefficient (Wildman–Crippen LogP) is 1.29. The van der Waals surface area contributed by atoms with Crippen molar-refractivity contribution in [3.05, 3.63) is 35.4 Å². The van der Waals surface area contributed by atoms with Crippen molar-refractivity contribution in [2.24, 2.45) is 0 Å². The number of benzene rings is 1. The molecule has 0 aliphatic carbocycles. The number of halogens is 2. The maximum absolute atomic E-state index is 13.2. The molecular weight excluding hydrogens is 310 g/mol. The Morgan fingerprint density at radius 1 is 1.26 bits per heavy atom. The van der Waals surface area contributed by atoms with Crippen molar-refractivity contribution in [3.8, 4) is 0 Å². The van der Waals surface area contributed by atoms with Crippen molar-refractivity contribution in [1.29, 1.82) is 0 Å². The lowest BCUT2D eigenvalue weighted by Crippen LogP contribution is -2.46. The average molecular weight is 328 g/mol. The van der Waals surface area contributed by atoms with Gasteiger partial charge in [0.25, 0.3) is 0 Å². The molecule has 0 aliphatic rings. The molecule has 0 radical (unpaired) electrons. The highest BCUT2D eigenvalue weighted by molar-refractivity contribution is 5.86. The summed E-state index contributed by atoms with van der Waals surface area (Å²) in [6.45, 7) is 2.51. The summed E-state index contributed by atoms with van der Waals surface area (Å²) < 4.78 is 26.2. The number of nitrogens with zero attached hydrogens (tertiary/aromatic N) is 1. The Hall–Kier alpha value is -2.51. The largest absolute Gasteiger partial charge is 0.481 e. The van der Waals surface area contributed by atoms with E-state index in [4.69, 9.17) is 5.11 Å². The first kappa shape index (κ1) is 18.5. The van der Waals surface area contributed by atoms with Crippen LogP contribution in [0.15, 0.2) is 18.2 Å². The third kappa shape index (κ3) is 6.01. The van der Waals surface area contributed by atoms with Gasteiger partial charge in [-0.25, -0.2) is 8.78 Å². The number of rotatable bonds is 7. The van der Waals surface area contributed by atoms with Crippen molar-refractivity contribution in [3.63, 3.8) is 0 Å². The molecule has 23 heavy (non-hydrogen) atoms. The second kappa shape index (κ2) is 8.21. The van der Waals surface area contributed by atoms with Crippen molar-refractivity contribution >= 4 is 17.8 Å². The average Bonchev–Trinajstić information content (AvgIpc) is 2.45. The molecule has 0 aromatic heterocycles. The van der Waals surface area contributed by atoms with Crippen LogP contribution >= 0.6 is 0 Å². The molecule has 0 heterocycles. The van der Waals surface area contributed by atoms with Crippen LogP contribution < -0.4 is 5.32 Å². The van der Waals surface area contributed by atoms with Crippen LogP contribution in [0.4, 0.5) is 8.78 Å². The number of aliphatic carboxylic acids is 1. The molecular formula is C15H18F2N2O4. The molecule has 1 atom stereocenters. The van der Waals surface area contributed by atoms with Crippen molar-refractivity contribution in [2.45, 2.75) is 32.9 Å². The minimum absolute atomic E-state index is 0.0900. The number of amides is 2. The molecule has 1 aromatic carbocycles. The lowest BCUT2D eigenvalue weighted by atomic mass is 10.1. The monoisotopic (exact) mass is 328 g/mol. The molecule has 0 saturated carbocycles. The van der Waals surface area contributed by atoms with Gasteiger partial charge in [-0.3, -0.25) is 14.4 Å². The van der Waals surface area contributed by atoms with Crippen LogP contribution in [0.25, 0.3) is 0 Å². The van der Waals surface area contributed by atoms with Gasteiger partial charge in [0, 0.05) is 20.0 Å². The van der Waals surface area contributed by atoms with Gasteiger partial charge in [0.15, 0.2) is 11.6 Å². The van der Waals surface area contributed by atoms with Crippen LogP contribution in [-0.2, 0) is 20.9 Å². The molecule has 0 fully saturated rings. The van der Waals surface area contributed by atoms with Crippen molar-refractivity contribution in [1.82, 2.24) is 10.2 Å². The Morgan fingerprint density at radius 3 is 2.43 bits per heavy atom. The van der Waals surface area contributed by atoms with E-state index in [1.807, 2.05) is 0 Å². The van der Waals surface area contributed by atoms with Gasteiger partial charge in [0.2, 0.25) is 11.8 Å². The fourth-order valence-electron chi connectivity index (χ4n) is 2.00. The molecule has 126 valence electrons. The summed E-state index contributed by atoms with van der Waals surface area (Å²) in [6.07, 6.45) is -0.303. The number of hydrogen-bond acceptors (Lipinski definition) is 3. The smallest absolute Gasteiger partial charge is 0.305 e. The molecule has 0 aliphatic heterocycles. The summed E-state index contributed by atoms with van der Waals surface area (Å²) in [7, 11) is 0. The van der Waals surface area contributed by atoms with E-state index in [9.17, 15) is 23.2 Å². The Bertz CT molecular complexity index is 607. The van der Waals surface area contributed by atoms with Crippen LogP contribution in [-0.4, -0.2) is 40.4 Å². The van der Waals surface area contributed by atoms with E-state index in [-0.39, 0.29) is 19.5 Å². The van der Waals surface area contributed by atoms with Crippen LogP contribution in [0.2, 0.25) is 0 Å². The van der Waals surface area contributed by atoms with E-state index in [1.54, 1.807) is 0 Å². The van der Waals surface area contributed by atoms with Gasteiger partial charge < -0.3 is 15.3 Å². The third-order valence-corrected chi connectivity index (χ3v) is 3.05. The quantitative estimate of drug-likeness (QED) is 0.790. The molecule has 0 saturated heterocycles. The van der Waals surface area contributed by atoms with E-state index in [0.717, 1.165) is 12.1 Å². The second-order valence-electron chi connectivity index (χ2n) is 5.07. The number of carbonyl (C=O) groups excluding carboxylic acids is 2.